The van der Waals surface area contributed by atoms with Gasteiger partial charge in [-0.15, -0.1) is 0 Å². The number of hydrogen-bond acceptors (Lipinski definition) is 5. The number of ether oxygens (including phenoxy) is 2. The van der Waals surface area contributed by atoms with Gasteiger partial charge in [-0.05, 0) is 36.4 Å². The van der Waals surface area contributed by atoms with E-state index in [1.807, 2.05) is 0 Å². The third-order valence-electron chi connectivity index (χ3n) is 3.49. The fourth-order valence-electron chi connectivity index (χ4n) is 2.18. The van der Waals surface area contributed by atoms with E-state index in [0.717, 1.165) is 5.69 Å². The lowest BCUT2D eigenvalue weighted by atomic mass is 10.2. The predicted molar refractivity (Wildman–Crippen MR) is 103 cm³/mol. The van der Waals surface area contributed by atoms with Gasteiger partial charge in [-0.2, -0.15) is 0 Å². The van der Waals surface area contributed by atoms with Gasteiger partial charge in [0.25, 0.3) is 0 Å². The van der Waals surface area contributed by atoms with Crippen LogP contribution >= 0.6 is 23.2 Å². The van der Waals surface area contributed by atoms with Gasteiger partial charge in [0.05, 0.1) is 35.5 Å². The van der Waals surface area contributed by atoms with Crippen LogP contribution in [0.15, 0.2) is 36.4 Å². The van der Waals surface area contributed by atoms with Crippen LogP contribution in [-0.4, -0.2) is 32.6 Å². The molecule has 8 heteroatoms. The van der Waals surface area contributed by atoms with Crippen molar-refractivity contribution in [3.8, 4) is 5.75 Å². The van der Waals surface area contributed by atoms with Crippen molar-refractivity contribution < 1.29 is 19.1 Å². The average molecular weight is 397 g/mol. The normalized spacial score (nSPS) is 10.2. The Hall–Kier alpha value is -2.44. The van der Waals surface area contributed by atoms with Crippen molar-refractivity contribution in [1.82, 2.24) is 0 Å². The molecule has 6 nitrogen and oxygen atoms in total. The fraction of sp³-hybridized carbons (Fsp3) is 0.222. The van der Waals surface area contributed by atoms with Crippen LogP contribution in [0.5, 0.6) is 5.75 Å². The Balaban J connectivity index is 1.91. The minimum Gasteiger partial charge on any atom is -0.495 e. The van der Waals surface area contributed by atoms with Gasteiger partial charge in [0, 0.05) is 18.7 Å². The molecule has 1 amide bonds. The first-order chi connectivity index (χ1) is 12.4. The van der Waals surface area contributed by atoms with Crippen molar-refractivity contribution >= 4 is 46.5 Å². The number of anilines is 2. The lowest BCUT2D eigenvalue weighted by molar-refractivity contribution is -0.115. The first-order valence-corrected chi connectivity index (χ1v) is 8.45. The van der Waals surface area contributed by atoms with Gasteiger partial charge in [0.1, 0.15) is 5.75 Å². The molecule has 0 aliphatic heterocycles. The zero-order valence-electron chi connectivity index (χ0n) is 14.3. The molecule has 2 N–H and O–H groups in total. The molecule has 0 saturated heterocycles. The van der Waals surface area contributed by atoms with Gasteiger partial charge in [-0.3, -0.25) is 4.79 Å². The van der Waals surface area contributed by atoms with Crippen LogP contribution in [0, 0.1) is 0 Å². The van der Waals surface area contributed by atoms with Gasteiger partial charge >= 0.3 is 5.97 Å². The van der Waals surface area contributed by atoms with Crippen LogP contribution in [0.4, 0.5) is 11.4 Å². The molecule has 0 aliphatic carbocycles. The standard InChI is InChI=1S/C18H18Cl2N2O4/c1-25-16-6-4-12(10-14(16)20)21-8-7-17(23)22-15-9-11(18(24)26-2)3-5-13(15)19/h3-6,9-10,21H,7-8H2,1-2H3,(H,22,23). The number of hydrogen-bond donors (Lipinski definition) is 2. The quantitative estimate of drug-likeness (QED) is 0.684. The van der Waals surface area contributed by atoms with E-state index in [1.165, 1.54) is 25.3 Å². The number of benzene rings is 2. The van der Waals surface area contributed by atoms with Crippen molar-refractivity contribution in [2.45, 2.75) is 6.42 Å². The predicted octanol–water partition coefficient (Wildman–Crippen LogP) is 4.23. The van der Waals surface area contributed by atoms with Crippen LogP contribution < -0.4 is 15.4 Å². The lowest BCUT2D eigenvalue weighted by Gasteiger charge is -2.11. The summed E-state index contributed by atoms with van der Waals surface area (Å²) in [6.07, 6.45) is 0.197. The van der Waals surface area contributed by atoms with Crippen LogP contribution in [-0.2, 0) is 9.53 Å². The number of nitrogens with one attached hydrogen (secondary N) is 2. The highest BCUT2D eigenvalue weighted by Crippen LogP contribution is 2.27. The maximum Gasteiger partial charge on any atom is 0.337 e. The maximum atomic E-state index is 12.1. The van der Waals surface area contributed by atoms with Crippen molar-refractivity contribution in [1.29, 1.82) is 0 Å². The van der Waals surface area contributed by atoms with Crippen molar-refractivity contribution in [2.24, 2.45) is 0 Å². The van der Waals surface area contributed by atoms with Gasteiger partial charge < -0.3 is 20.1 Å². The molecule has 0 fully saturated rings. The molecule has 0 aliphatic rings. The third kappa shape index (κ3) is 5.28. The average Bonchev–Trinajstić information content (AvgIpc) is 2.63. The molecule has 26 heavy (non-hydrogen) atoms. The number of carbonyl (C=O) groups excluding carboxylic acids is 2. The zero-order valence-corrected chi connectivity index (χ0v) is 15.8. The highest BCUT2D eigenvalue weighted by Gasteiger charge is 2.11. The molecule has 0 saturated carbocycles. The molecular weight excluding hydrogens is 379 g/mol. The summed E-state index contributed by atoms with van der Waals surface area (Å²) in [6.45, 7) is 0.392. The monoisotopic (exact) mass is 396 g/mol. The minimum atomic E-state index is -0.504. The van der Waals surface area contributed by atoms with Crippen molar-refractivity contribution in [3.05, 3.63) is 52.0 Å². The summed E-state index contributed by atoms with van der Waals surface area (Å²) in [5.74, 6) is -0.175. The van der Waals surface area contributed by atoms with Gasteiger partial charge in [-0.1, -0.05) is 23.2 Å². The summed E-state index contributed by atoms with van der Waals surface area (Å²) < 4.78 is 9.74. The highest BCUT2D eigenvalue weighted by molar-refractivity contribution is 6.34. The van der Waals surface area contributed by atoms with E-state index in [4.69, 9.17) is 27.9 Å². The Bertz CT molecular complexity index is 812. The van der Waals surface area contributed by atoms with E-state index in [1.54, 1.807) is 25.3 Å². The molecule has 0 aromatic heterocycles. The number of rotatable bonds is 7. The molecule has 2 aromatic rings. The molecule has 2 rings (SSSR count). The smallest absolute Gasteiger partial charge is 0.337 e. The number of amides is 1. The van der Waals surface area contributed by atoms with Gasteiger partial charge in [-0.25, -0.2) is 4.79 Å². The first kappa shape index (κ1) is 19.9. The Morgan fingerprint density at radius 3 is 2.46 bits per heavy atom. The molecule has 2 aromatic carbocycles. The van der Waals surface area contributed by atoms with E-state index >= 15 is 0 Å². The largest absolute Gasteiger partial charge is 0.495 e. The Morgan fingerprint density at radius 2 is 1.81 bits per heavy atom. The van der Waals surface area contributed by atoms with Gasteiger partial charge in [0.15, 0.2) is 0 Å². The van der Waals surface area contributed by atoms with Crippen LogP contribution in [0.3, 0.4) is 0 Å². The second kappa shape index (κ2) is 9.31. The summed E-state index contributed by atoms with van der Waals surface area (Å²) in [5, 5.41) is 6.59. The molecule has 0 unspecified atom stereocenters. The molecule has 0 bridgehead atoms. The summed E-state index contributed by atoms with van der Waals surface area (Å²) >= 11 is 12.1. The SMILES string of the molecule is COC(=O)c1ccc(Cl)c(NC(=O)CCNc2ccc(OC)c(Cl)c2)c1. The van der Waals surface area contributed by atoms with E-state index in [2.05, 4.69) is 15.4 Å². The van der Waals surface area contributed by atoms with Crippen LogP contribution in [0.2, 0.25) is 10.0 Å². The maximum absolute atomic E-state index is 12.1. The molecule has 138 valence electrons. The lowest BCUT2D eigenvalue weighted by Crippen LogP contribution is -2.17. The third-order valence-corrected chi connectivity index (χ3v) is 4.12. The Kier molecular flexibility index (Phi) is 7.12. The summed E-state index contributed by atoms with van der Waals surface area (Å²) in [6, 6.07) is 9.79. The minimum absolute atomic E-state index is 0.197. The van der Waals surface area contributed by atoms with Crippen molar-refractivity contribution in [2.75, 3.05) is 31.4 Å². The molecule has 0 atom stereocenters. The summed E-state index contributed by atoms with van der Waals surface area (Å²) in [4.78, 5) is 23.7. The molecule has 0 spiro atoms. The van der Waals surface area contributed by atoms with Crippen LogP contribution in [0.25, 0.3) is 0 Å². The number of halogens is 2. The van der Waals surface area contributed by atoms with E-state index in [-0.39, 0.29) is 12.3 Å². The Labute approximate surface area is 161 Å². The van der Waals surface area contributed by atoms with E-state index < -0.39 is 5.97 Å². The zero-order chi connectivity index (χ0) is 19.1. The molecular formula is C18H18Cl2N2O4. The second-order valence-corrected chi connectivity index (χ2v) is 6.07. The fourth-order valence-corrected chi connectivity index (χ4v) is 2.60. The van der Waals surface area contributed by atoms with Crippen molar-refractivity contribution in [3.63, 3.8) is 0 Å². The summed E-state index contributed by atoms with van der Waals surface area (Å²) in [5.41, 5.74) is 1.43. The van der Waals surface area contributed by atoms with E-state index in [0.29, 0.717) is 33.6 Å². The van der Waals surface area contributed by atoms with Gasteiger partial charge in [0.2, 0.25) is 5.91 Å². The van der Waals surface area contributed by atoms with Crippen LogP contribution in [0.1, 0.15) is 16.8 Å². The number of esters is 1. The number of methoxy groups -OCH3 is 2. The first-order valence-electron chi connectivity index (χ1n) is 7.69. The molecule has 0 heterocycles. The topological polar surface area (TPSA) is 76.7 Å². The Morgan fingerprint density at radius 1 is 1.04 bits per heavy atom. The molecule has 0 radical (unpaired) electrons. The highest BCUT2D eigenvalue weighted by atomic mass is 35.5. The second-order valence-electron chi connectivity index (χ2n) is 5.26. The van der Waals surface area contributed by atoms with E-state index in [9.17, 15) is 9.59 Å². The number of carbonyl (C=O) groups is 2. The summed E-state index contributed by atoms with van der Waals surface area (Å²) in [7, 11) is 2.82.